The number of nitrogens with one attached hydrogen (secondary N) is 1. The van der Waals surface area contributed by atoms with Crippen molar-refractivity contribution < 1.29 is 9.53 Å². The van der Waals surface area contributed by atoms with Crippen LogP contribution in [0.15, 0.2) is 0 Å². The van der Waals surface area contributed by atoms with Gasteiger partial charge in [-0.2, -0.15) is 0 Å². The molecule has 0 aromatic heterocycles. The standard InChI is InChI=1S/C16H32N2O2/c1-3-4-5-6-7-12-20-13-8-11-16(2,15(17)19)18-14-9-10-14/h14,18H,3-13H2,1-2H3,(H2,17,19). The molecule has 0 bridgehead atoms. The molecule has 20 heavy (non-hydrogen) atoms. The molecule has 0 saturated heterocycles. The minimum Gasteiger partial charge on any atom is -0.381 e. The summed E-state index contributed by atoms with van der Waals surface area (Å²) in [4.78, 5) is 11.6. The molecule has 0 radical (unpaired) electrons. The van der Waals surface area contributed by atoms with Crippen LogP contribution >= 0.6 is 0 Å². The van der Waals surface area contributed by atoms with E-state index < -0.39 is 5.54 Å². The first-order chi connectivity index (χ1) is 9.58. The van der Waals surface area contributed by atoms with E-state index in [2.05, 4.69) is 12.2 Å². The van der Waals surface area contributed by atoms with Crippen LogP contribution in [0.25, 0.3) is 0 Å². The first-order valence-electron chi connectivity index (χ1n) is 8.24. The first kappa shape index (κ1) is 17.4. The third-order valence-corrected chi connectivity index (χ3v) is 4.00. The lowest BCUT2D eigenvalue weighted by molar-refractivity contribution is -0.124. The molecule has 118 valence electrons. The van der Waals surface area contributed by atoms with Crippen molar-refractivity contribution in [2.45, 2.75) is 83.2 Å². The van der Waals surface area contributed by atoms with E-state index in [1.165, 1.54) is 25.7 Å². The molecule has 0 aliphatic heterocycles. The van der Waals surface area contributed by atoms with Crippen LogP contribution in [0, 0.1) is 0 Å². The number of primary amides is 1. The van der Waals surface area contributed by atoms with Crippen molar-refractivity contribution in [3.63, 3.8) is 0 Å². The number of hydrogen-bond donors (Lipinski definition) is 2. The number of amides is 1. The third-order valence-electron chi connectivity index (χ3n) is 4.00. The highest BCUT2D eigenvalue weighted by atomic mass is 16.5. The Morgan fingerprint density at radius 1 is 1.20 bits per heavy atom. The van der Waals surface area contributed by atoms with E-state index in [1.54, 1.807) is 0 Å². The minimum atomic E-state index is -0.564. The summed E-state index contributed by atoms with van der Waals surface area (Å²) in [6, 6.07) is 0.493. The van der Waals surface area contributed by atoms with E-state index in [-0.39, 0.29) is 5.91 Å². The molecule has 0 aromatic rings. The summed E-state index contributed by atoms with van der Waals surface area (Å²) in [5, 5.41) is 3.36. The predicted molar refractivity (Wildman–Crippen MR) is 82.6 cm³/mol. The molecule has 1 unspecified atom stereocenters. The van der Waals surface area contributed by atoms with Crippen LogP contribution in [0.3, 0.4) is 0 Å². The molecule has 1 aliphatic carbocycles. The average molecular weight is 284 g/mol. The Hall–Kier alpha value is -0.610. The summed E-state index contributed by atoms with van der Waals surface area (Å²) in [5.74, 6) is -0.246. The maximum absolute atomic E-state index is 11.6. The summed E-state index contributed by atoms with van der Waals surface area (Å²) in [7, 11) is 0. The van der Waals surface area contributed by atoms with Crippen molar-refractivity contribution in [3.05, 3.63) is 0 Å². The molecule has 1 aliphatic rings. The van der Waals surface area contributed by atoms with Gasteiger partial charge >= 0.3 is 0 Å². The molecule has 1 saturated carbocycles. The molecule has 1 amide bonds. The van der Waals surface area contributed by atoms with E-state index in [0.29, 0.717) is 6.04 Å². The van der Waals surface area contributed by atoms with Crippen LogP contribution in [0.5, 0.6) is 0 Å². The van der Waals surface area contributed by atoms with Crippen molar-refractivity contribution in [1.82, 2.24) is 5.32 Å². The van der Waals surface area contributed by atoms with E-state index in [0.717, 1.165) is 45.3 Å². The van der Waals surface area contributed by atoms with Gasteiger partial charge in [-0.15, -0.1) is 0 Å². The highest BCUT2D eigenvalue weighted by Crippen LogP contribution is 2.24. The van der Waals surface area contributed by atoms with Gasteiger partial charge < -0.3 is 15.8 Å². The number of carbonyl (C=O) groups excluding carboxylic acids is 1. The maximum Gasteiger partial charge on any atom is 0.237 e. The Morgan fingerprint density at radius 2 is 1.85 bits per heavy atom. The van der Waals surface area contributed by atoms with Gasteiger partial charge in [0, 0.05) is 19.3 Å². The van der Waals surface area contributed by atoms with Gasteiger partial charge in [-0.25, -0.2) is 0 Å². The topological polar surface area (TPSA) is 64.3 Å². The van der Waals surface area contributed by atoms with Gasteiger partial charge in [0.25, 0.3) is 0 Å². The van der Waals surface area contributed by atoms with Crippen LogP contribution in [0.1, 0.15) is 71.6 Å². The summed E-state index contributed by atoms with van der Waals surface area (Å²) >= 11 is 0. The molecule has 4 nitrogen and oxygen atoms in total. The van der Waals surface area contributed by atoms with Crippen molar-refractivity contribution in [1.29, 1.82) is 0 Å². The number of hydrogen-bond acceptors (Lipinski definition) is 3. The van der Waals surface area contributed by atoms with Crippen LogP contribution in [-0.4, -0.2) is 30.7 Å². The second kappa shape index (κ2) is 9.35. The van der Waals surface area contributed by atoms with Crippen LogP contribution in [0.2, 0.25) is 0 Å². The molecule has 0 aromatic carbocycles. The second-order valence-electron chi connectivity index (χ2n) is 6.25. The third kappa shape index (κ3) is 7.25. The zero-order valence-corrected chi connectivity index (χ0v) is 13.2. The number of carbonyl (C=O) groups is 1. The van der Waals surface area contributed by atoms with Gasteiger partial charge in [-0.05, 0) is 39.0 Å². The molecule has 0 spiro atoms. The number of rotatable bonds is 13. The largest absolute Gasteiger partial charge is 0.381 e. The summed E-state index contributed by atoms with van der Waals surface area (Å²) in [6.45, 7) is 5.70. The zero-order valence-electron chi connectivity index (χ0n) is 13.2. The van der Waals surface area contributed by atoms with Gasteiger partial charge in [0.15, 0.2) is 0 Å². The fourth-order valence-corrected chi connectivity index (χ4v) is 2.38. The van der Waals surface area contributed by atoms with Crippen LogP contribution in [0.4, 0.5) is 0 Å². The molecular formula is C16H32N2O2. The molecule has 1 atom stereocenters. The predicted octanol–water partition coefficient (Wildman–Crippen LogP) is 2.75. The van der Waals surface area contributed by atoms with E-state index in [1.807, 2.05) is 6.92 Å². The molecule has 1 fully saturated rings. The van der Waals surface area contributed by atoms with Gasteiger partial charge in [0.1, 0.15) is 0 Å². The average Bonchev–Trinajstić information content (AvgIpc) is 3.20. The highest BCUT2D eigenvalue weighted by molar-refractivity contribution is 5.84. The van der Waals surface area contributed by atoms with Crippen molar-refractivity contribution in [2.24, 2.45) is 5.73 Å². The molecule has 3 N–H and O–H groups in total. The van der Waals surface area contributed by atoms with Gasteiger partial charge in [0.05, 0.1) is 5.54 Å². The quantitative estimate of drug-likeness (QED) is 0.511. The number of nitrogens with two attached hydrogens (primary N) is 1. The maximum atomic E-state index is 11.6. The summed E-state index contributed by atoms with van der Waals surface area (Å²) in [6.07, 6.45) is 10.3. The SMILES string of the molecule is CCCCCCCOCCCC(C)(NC1CC1)C(N)=O. The van der Waals surface area contributed by atoms with Crippen LogP contribution < -0.4 is 11.1 Å². The molecule has 4 heteroatoms. The zero-order chi connectivity index (χ0) is 14.8. The monoisotopic (exact) mass is 284 g/mol. The minimum absolute atomic E-state index is 0.246. The fraction of sp³-hybridized carbons (Fsp3) is 0.938. The highest BCUT2D eigenvalue weighted by Gasteiger charge is 2.36. The van der Waals surface area contributed by atoms with Crippen molar-refractivity contribution >= 4 is 5.91 Å². The smallest absolute Gasteiger partial charge is 0.237 e. The van der Waals surface area contributed by atoms with Gasteiger partial charge in [0.2, 0.25) is 5.91 Å². The Bertz CT molecular complexity index is 280. The lowest BCUT2D eigenvalue weighted by atomic mass is 9.95. The normalized spacial score (nSPS) is 17.9. The Morgan fingerprint density at radius 3 is 2.45 bits per heavy atom. The van der Waals surface area contributed by atoms with Crippen LogP contribution in [-0.2, 0) is 9.53 Å². The van der Waals surface area contributed by atoms with E-state index in [4.69, 9.17) is 10.5 Å². The van der Waals surface area contributed by atoms with Gasteiger partial charge in [-0.1, -0.05) is 32.6 Å². The van der Waals surface area contributed by atoms with E-state index >= 15 is 0 Å². The van der Waals surface area contributed by atoms with Gasteiger partial charge in [-0.3, -0.25) is 4.79 Å². The molecule has 1 rings (SSSR count). The number of unbranched alkanes of at least 4 members (excludes halogenated alkanes) is 4. The van der Waals surface area contributed by atoms with Crippen molar-refractivity contribution in [3.8, 4) is 0 Å². The Balaban J connectivity index is 2.01. The molecule has 0 heterocycles. The number of ether oxygens (including phenoxy) is 1. The fourth-order valence-electron chi connectivity index (χ4n) is 2.38. The first-order valence-corrected chi connectivity index (χ1v) is 8.24. The Kier molecular flexibility index (Phi) is 8.15. The Labute approximate surface area is 123 Å². The molecular weight excluding hydrogens is 252 g/mol. The summed E-state index contributed by atoms with van der Waals surface area (Å²) < 4.78 is 5.63. The summed E-state index contributed by atoms with van der Waals surface area (Å²) in [5.41, 5.74) is 4.95. The van der Waals surface area contributed by atoms with Crippen molar-refractivity contribution in [2.75, 3.05) is 13.2 Å². The van der Waals surface area contributed by atoms with E-state index in [9.17, 15) is 4.79 Å². The lowest BCUT2D eigenvalue weighted by Gasteiger charge is -2.27. The second-order valence-corrected chi connectivity index (χ2v) is 6.25. The lowest BCUT2D eigenvalue weighted by Crippen LogP contribution is -2.54.